The Morgan fingerprint density at radius 2 is 1.81 bits per heavy atom. The number of thioether (sulfide) groups is 1. The van der Waals surface area contributed by atoms with Gasteiger partial charge in [-0.2, -0.15) is 5.10 Å². The van der Waals surface area contributed by atoms with Crippen molar-refractivity contribution in [2.75, 3.05) is 12.3 Å². The third kappa shape index (κ3) is 4.77. The van der Waals surface area contributed by atoms with E-state index in [1.54, 1.807) is 28.6 Å². The van der Waals surface area contributed by atoms with Gasteiger partial charge in [-0.1, -0.05) is 18.2 Å². The highest BCUT2D eigenvalue weighted by Gasteiger charge is 2.18. The van der Waals surface area contributed by atoms with Crippen molar-refractivity contribution in [3.8, 4) is 5.69 Å². The van der Waals surface area contributed by atoms with Crippen LogP contribution in [0.25, 0.3) is 5.69 Å². The molecule has 1 aromatic heterocycles. The van der Waals surface area contributed by atoms with E-state index in [-0.39, 0.29) is 11.7 Å². The molecule has 2 aromatic carbocycles. The summed E-state index contributed by atoms with van der Waals surface area (Å²) < 4.78 is 14.7. The number of benzene rings is 2. The lowest BCUT2D eigenvalue weighted by Gasteiger charge is -2.07. The molecule has 0 bridgehead atoms. The lowest BCUT2D eigenvalue weighted by Crippen LogP contribution is -2.25. The highest BCUT2D eigenvalue weighted by molar-refractivity contribution is 7.99. The van der Waals surface area contributed by atoms with E-state index in [2.05, 4.69) is 10.4 Å². The number of aromatic nitrogens is 2. The smallest absolute Gasteiger partial charge is 0.255 e. The monoisotopic (exact) mass is 383 g/mol. The lowest BCUT2D eigenvalue weighted by atomic mass is 10.2. The second-order valence-corrected chi connectivity index (χ2v) is 7.37. The van der Waals surface area contributed by atoms with Crippen LogP contribution in [0.4, 0.5) is 4.39 Å². The molecule has 0 unspecified atom stereocenters. The topological polar surface area (TPSA) is 46.9 Å². The van der Waals surface area contributed by atoms with Crippen LogP contribution in [0, 0.1) is 19.7 Å². The molecule has 3 rings (SSSR count). The van der Waals surface area contributed by atoms with Gasteiger partial charge in [0.25, 0.3) is 5.91 Å². The summed E-state index contributed by atoms with van der Waals surface area (Å²) in [6, 6.07) is 16.2. The maximum atomic E-state index is 12.9. The number of rotatable bonds is 7. The summed E-state index contributed by atoms with van der Waals surface area (Å²) in [7, 11) is 0. The quantitative estimate of drug-likeness (QED) is 0.481. The molecule has 0 aliphatic carbocycles. The maximum Gasteiger partial charge on any atom is 0.255 e. The molecule has 0 aliphatic heterocycles. The zero-order valence-electron chi connectivity index (χ0n) is 15.4. The number of carbonyl (C=O) groups excluding carboxylic acids is 1. The number of carbonyl (C=O) groups is 1. The van der Waals surface area contributed by atoms with Gasteiger partial charge >= 0.3 is 0 Å². The van der Waals surface area contributed by atoms with Crippen molar-refractivity contribution in [1.29, 1.82) is 0 Å². The molecule has 0 radical (unpaired) electrons. The van der Waals surface area contributed by atoms with Gasteiger partial charge in [0.2, 0.25) is 0 Å². The SMILES string of the molecule is Cc1nn(-c2ccccc2)c(C)c1C(=O)NCCCSc1ccc(F)cc1. The largest absolute Gasteiger partial charge is 0.352 e. The van der Waals surface area contributed by atoms with E-state index >= 15 is 0 Å². The van der Waals surface area contributed by atoms with Crippen LogP contribution in [-0.2, 0) is 0 Å². The molecule has 0 fully saturated rings. The van der Waals surface area contributed by atoms with Crippen LogP contribution < -0.4 is 5.32 Å². The summed E-state index contributed by atoms with van der Waals surface area (Å²) in [5, 5.41) is 7.49. The van der Waals surface area contributed by atoms with Crippen molar-refractivity contribution >= 4 is 17.7 Å². The van der Waals surface area contributed by atoms with E-state index in [1.807, 2.05) is 44.2 Å². The molecule has 27 heavy (non-hydrogen) atoms. The number of amides is 1. The molecular weight excluding hydrogens is 361 g/mol. The summed E-state index contributed by atoms with van der Waals surface area (Å²) in [5.41, 5.74) is 3.12. The Bertz CT molecular complexity index is 907. The van der Waals surface area contributed by atoms with E-state index in [0.717, 1.165) is 34.1 Å². The molecule has 1 N–H and O–H groups in total. The van der Waals surface area contributed by atoms with Gasteiger partial charge in [0, 0.05) is 11.4 Å². The highest BCUT2D eigenvalue weighted by Crippen LogP contribution is 2.19. The van der Waals surface area contributed by atoms with Crippen LogP contribution in [0.3, 0.4) is 0 Å². The van der Waals surface area contributed by atoms with Gasteiger partial charge in [0.1, 0.15) is 5.82 Å². The number of aryl methyl sites for hydroxylation is 1. The zero-order valence-corrected chi connectivity index (χ0v) is 16.2. The number of nitrogens with one attached hydrogen (secondary N) is 1. The van der Waals surface area contributed by atoms with Gasteiger partial charge in [0.15, 0.2) is 0 Å². The molecule has 3 aromatic rings. The fraction of sp³-hybridized carbons (Fsp3) is 0.238. The van der Waals surface area contributed by atoms with Crippen molar-refractivity contribution in [2.45, 2.75) is 25.2 Å². The van der Waals surface area contributed by atoms with E-state index in [9.17, 15) is 9.18 Å². The number of hydrogen-bond acceptors (Lipinski definition) is 3. The average molecular weight is 383 g/mol. The standard InChI is InChI=1S/C21H22FN3OS/c1-15-20(16(2)25(24-15)18-7-4-3-5-8-18)21(26)23-13-6-14-27-19-11-9-17(22)10-12-19/h3-5,7-12H,6,13-14H2,1-2H3,(H,23,26). The second-order valence-electron chi connectivity index (χ2n) is 6.21. The zero-order chi connectivity index (χ0) is 19.2. The Balaban J connectivity index is 1.54. The van der Waals surface area contributed by atoms with E-state index in [4.69, 9.17) is 0 Å². The molecule has 1 heterocycles. The number of hydrogen-bond donors (Lipinski definition) is 1. The van der Waals surface area contributed by atoms with Crippen LogP contribution in [0.5, 0.6) is 0 Å². The molecule has 1 amide bonds. The fourth-order valence-corrected chi connectivity index (χ4v) is 3.73. The minimum atomic E-state index is -0.228. The van der Waals surface area contributed by atoms with E-state index < -0.39 is 0 Å². The molecule has 0 atom stereocenters. The van der Waals surface area contributed by atoms with Crippen LogP contribution in [0.2, 0.25) is 0 Å². The third-order valence-electron chi connectivity index (χ3n) is 4.21. The minimum Gasteiger partial charge on any atom is -0.352 e. The minimum absolute atomic E-state index is 0.0982. The predicted molar refractivity (Wildman–Crippen MR) is 107 cm³/mol. The Morgan fingerprint density at radius 1 is 1.11 bits per heavy atom. The molecule has 0 saturated carbocycles. The summed E-state index contributed by atoms with van der Waals surface area (Å²) in [4.78, 5) is 13.6. The van der Waals surface area contributed by atoms with Crippen molar-refractivity contribution in [3.63, 3.8) is 0 Å². The number of nitrogens with zero attached hydrogens (tertiary/aromatic N) is 2. The first-order valence-electron chi connectivity index (χ1n) is 8.84. The summed E-state index contributed by atoms with van der Waals surface area (Å²) in [6.07, 6.45) is 0.832. The van der Waals surface area contributed by atoms with Gasteiger partial charge in [-0.15, -0.1) is 11.8 Å². The molecule has 4 nitrogen and oxygen atoms in total. The Hall–Kier alpha value is -2.60. The normalized spacial score (nSPS) is 10.8. The highest BCUT2D eigenvalue weighted by atomic mass is 32.2. The van der Waals surface area contributed by atoms with Crippen LogP contribution in [-0.4, -0.2) is 28.0 Å². The van der Waals surface area contributed by atoms with Gasteiger partial charge in [-0.3, -0.25) is 4.79 Å². The van der Waals surface area contributed by atoms with Gasteiger partial charge in [0.05, 0.1) is 22.6 Å². The summed E-state index contributed by atoms with van der Waals surface area (Å²) in [5.74, 6) is 0.528. The van der Waals surface area contributed by atoms with Crippen LogP contribution in [0.1, 0.15) is 28.2 Å². The molecule has 0 spiro atoms. The molecule has 0 saturated heterocycles. The predicted octanol–water partition coefficient (Wildman–Crippen LogP) is 4.54. The van der Waals surface area contributed by atoms with E-state index in [0.29, 0.717) is 12.1 Å². The third-order valence-corrected chi connectivity index (χ3v) is 5.31. The first-order chi connectivity index (χ1) is 13.1. The van der Waals surface area contributed by atoms with Crippen molar-refractivity contribution in [3.05, 3.63) is 77.4 Å². The van der Waals surface area contributed by atoms with Gasteiger partial charge < -0.3 is 5.32 Å². The summed E-state index contributed by atoms with van der Waals surface area (Å²) >= 11 is 1.65. The van der Waals surface area contributed by atoms with Gasteiger partial charge in [-0.25, -0.2) is 9.07 Å². The first kappa shape index (κ1) is 19.2. The second kappa shape index (κ2) is 8.86. The Morgan fingerprint density at radius 3 is 2.52 bits per heavy atom. The van der Waals surface area contributed by atoms with E-state index in [1.165, 1.54) is 12.1 Å². The van der Waals surface area contributed by atoms with Crippen molar-refractivity contribution in [2.24, 2.45) is 0 Å². The molecule has 140 valence electrons. The van der Waals surface area contributed by atoms with Crippen LogP contribution >= 0.6 is 11.8 Å². The molecular formula is C21H22FN3OS. The fourth-order valence-electron chi connectivity index (χ4n) is 2.88. The van der Waals surface area contributed by atoms with Crippen molar-refractivity contribution < 1.29 is 9.18 Å². The maximum absolute atomic E-state index is 12.9. The number of halogens is 1. The lowest BCUT2D eigenvalue weighted by molar-refractivity contribution is 0.0952. The summed E-state index contributed by atoms with van der Waals surface area (Å²) in [6.45, 7) is 4.35. The molecule has 0 aliphatic rings. The van der Waals surface area contributed by atoms with Gasteiger partial charge in [-0.05, 0) is 62.4 Å². The Labute approximate surface area is 162 Å². The molecule has 6 heteroatoms. The average Bonchev–Trinajstić information content (AvgIpc) is 2.98. The Kier molecular flexibility index (Phi) is 6.29. The van der Waals surface area contributed by atoms with Crippen LogP contribution in [0.15, 0.2) is 59.5 Å². The number of para-hydroxylation sites is 1. The van der Waals surface area contributed by atoms with Crippen molar-refractivity contribution in [1.82, 2.24) is 15.1 Å². The first-order valence-corrected chi connectivity index (χ1v) is 9.83.